The topological polar surface area (TPSA) is 154 Å². The summed E-state index contributed by atoms with van der Waals surface area (Å²) in [7, 11) is 0. The molecule has 0 aromatic carbocycles. The van der Waals surface area contributed by atoms with Crippen LogP contribution in [0.15, 0.2) is 0 Å². The lowest BCUT2D eigenvalue weighted by molar-refractivity contribution is -0.143. The quantitative estimate of drug-likeness (QED) is 0.214. The number of carbonyl (C=O) groups is 3. The molecule has 0 saturated carbocycles. The Labute approximate surface area is 156 Å². The molecule has 152 valence electrons. The molecule has 0 aromatic rings. The lowest BCUT2D eigenvalue weighted by Crippen LogP contribution is -2.43. The normalized spacial score (nSPS) is 11.7. The Morgan fingerprint density at radius 2 is 1.69 bits per heavy atom. The number of carbonyl (C=O) groups excluding carboxylic acids is 3. The number of ether oxygens (including phenoxy) is 1. The van der Waals surface area contributed by atoms with Gasteiger partial charge < -0.3 is 32.2 Å². The Morgan fingerprint density at radius 1 is 1.04 bits per heavy atom. The van der Waals surface area contributed by atoms with Crippen molar-refractivity contribution in [2.45, 2.75) is 51.5 Å². The molecule has 0 saturated heterocycles. The molecule has 0 bridgehead atoms. The Hall–Kier alpha value is -1.71. The highest BCUT2D eigenvalue weighted by molar-refractivity contribution is 5.83. The van der Waals surface area contributed by atoms with Crippen LogP contribution in [0.1, 0.15) is 45.4 Å². The second-order valence-electron chi connectivity index (χ2n) is 6.01. The number of amides is 2. The molecule has 1 atom stereocenters. The monoisotopic (exact) mass is 373 g/mol. The van der Waals surface area contributed by atoms with Gasteiger partial charge in [-0.25, -0.2) is 0 Å². The average Bonchev–Trinajstić information content (AvgIpc) is 2.62. The smallest absolute Gasteiger partial charge is 0.305 e. The van der Waals surface area contributed by atoms with E-state index >= 15 is 0 Å². The standard InChI is InChI=1S/C17H35N5O4/c1-2-26-16(24)6-4-3-5-11-21-17(25)14(20)7-8-15(23)22(12-9-18)13-10-19/h14H,2-13,18-20H2,1H3,(H,21,25)/t14-/m0/s1. The molecule has 0 aliphatic rings. The summed E-state index contributed by atoms with van der Waals surface area (Å²) in [5.41, 5.74) is 16.8. The second kappa shape index (κ2) is 15.5. The molecule has 0 rings (SSSR count). The Bertz CT molecular complexity index is 414. The molecule has 0 aliphatic heterocycles. The van der Waals surface area contributed by atoms with E-state index in [4.69, 9.17) is 21.9 Å². The highest BCUT2D eigenvalue weighted by Crippen LogP contribution is 2.02. The van der Waals surface area contributed by atoms with Crippen LogP contribution in [-0.4, -0.2) is 68.1 Å². The minimum atomic E-state index is -0.726. The number of hydrogen-bond donors (Lipinski definition) is 4. The minimum absolute atomic E-state index is 0.0943. The number of nitrogens with zero attached hydrogens (tertiary/aromatic N) is 1. The number of nitrogens with one attached hydrogen (secondary N) is 1. The van der Waals surface area contributed by atoms with E-state index in [9.17, 15) is 14.4 Å². The maximum Gasteiger partial charge on any atom is 0.305 e. The Kier molecular flexibility index (Phi) is 14.5. The molecular weight excluding hydrogens is 338 g/mol. The maximum absolute atomic E-state index is 12.1. The van der Waals surface area contributed by atoms with Crippen LogP contribution in [0.4, 0.5) is 0 Å². The van der Waals surface area contributed by atoms with Crippen LogP contribution < -0.4 is 22.5 Å². The van der Waals surface area contributed by atoms with E-state index < -0.39 is 6.04 Å². The molecule has 9 nitrogen and oxygen atoms in total. The number of hydrogen-bond acceptors (Lipinski definition) is 7. The highest BCUT2D eigenvalue weighted by atomic mass is 16.5. The molecule has 2 amide bonds. The van der Waals surface area contributed by atoms with Crippen molar-refractivity contribution in [2.24, 2.45) is 17.2 Å². The fourth-order valence-electron chi connectivity index (χ4n) is 2.39. The van der Waals surface area contributed by atoms with Crippen molar-refractivity contribution in [2.75, 3.05) is 39.3 Å². The molecule has 26 heavy (non-hydrogen) atoms. The number of unbranched alkanes of at least 4 members (excludes halogenated alkanes) is 2. The number of nitrogens with two attached hydrogens (primary N) is 3. The third-order valence-electron chi connectivity index (χ3n) is 3.82. The third-order valence-corrected chi connectivity index (χ3v) is 3.82. The van der Waals surface area contributed by atoms with Crippen molar-refractivity contribution < 1.29 is 19.1 Å². The minimum Gasteiger partial charge on any atom is -0.466 e. The summed E-state index contributed by atoms with van der Waals surface area (Å²) < 4.78 is 4.84. The maximum atomic E-state index is 12.1. The van der Waals surface area contributed by atoms with Gasteiger partial charge in [0.15, 0.2) is 0 Å². The molecule has 0 spiro atoms. The van der Waals surface area contributed by atoms with Crippen LogP contribution in [0.5, 0.6) is 0 Å². The van der Waals surface area contributed by atoms with Crippen molar-refractivity contribution in [1.82, 2.24) is 10.2 Å². The van der Waals surface area contributed by atoms with Gasteiger partial charge in [0.2, 0.25) is 11.8 Å². The Morgan fingerprint density at radius 3 is 2.27 bits per heavy atom. The number of esters is 1. The lowest BCUT2D eigenvalue weighted by atomic mass is 10.1. The zero-order valence-corrected chi connectivity index (χ0v) is 15.9. The van der Waals surface area contributed by atoms with Crippen LogP contribution in [0.2, 0.25) is 0 Å². The van der Waals surface area contributed by atoms with E-state index in [1.165, 1.54) is 0 Å². The van der Waals surface area contributed by atoms with Gasteiger partial charge in [0.25, 0.3) is 0 Å². The van der Waals surface area contributed by atoms with Gasteiger partial charge >= 0.3 is 5.97 Å². The van der Waals surface area contributed by atoms with Crippen LogP contribution >= 0.6 is 0 Å². The summed E-state index contributed by atoms with van der Waals surface area (Å²) in [6.45, 7) is 4.30. The average molecular weight is 373 g/mol. The predicted molar refractivity (Wildman–Crippen MR) is 100 cm³/mol. The molecule has 0 unspecified atom stereocenters. The third kappa shape index (κ3) is 11.8. The predicted octanol–water partition coefficient (Wildman–Crippen LogP) is -0.920. The van der Waals surface area contributed by atoms with Gasteiger partial charge in [0.05, 0.1) is 12.6 Å². The van der Waals surface area contributed by atoms with Crippen molar-refractivity contribution in [1.29, 1.82) is 0 Å². The van der Waals surface area contributed by atoms with Gasteiger partial charge in [-0.05, 0) is 26.2 Å². The molecule has 0 heterocycles. The van der Waals surface area contributed by atoms with E-state index in [-0.39, 0.29) is 30.6 Å². The second-order valence-corrected chi connectivity index (χ2v) is 6.01. The summed E-state index contributed by atoms with van der Waals surface area (Å²) in [5, 5.41) is 2.75. The first kappa shape index (κ1) is 24.3. The van der Waals surface area contributed by atoms with Gasteiger partial charge in [-0.15, -0.1) is 0 Å². The van der Waals surface area contributed by atoms with Gasteiger partial charge in [-0.3, -0.25) is 14.4 Å². The van der Waals surface area contributed by atoms with Crippen molar-refractivity contribution in [3.8, 4) is 0 Å². The summed E-state index contributed by atoms with van der Waals surface area (Å²) in [6, 6.07) is -0.726. The van der Waals surface area contributed by atoms with Crippen LogP contribution in [0.3, 0.4) is 0 Å². The molecular formula is C17H35N5O4. The van der Waals surface area contributed by atoms with Crippen molar-refractivity contribution in [3.63, 3.8) is 0 Å². The van der Waals surface area contributed by atoms with E-state index in [0.29, 0.717) is 45.8 Å². The summed E-state index contributed by atoms with van der Waals surface area (Å²) in [4.78, 5) is 36.8. The summed E-state index contributed by atoms with van der Waals surface area (Å²) >= 11 is 0. The first-order chi connectivity index (χ1) is 12.5. The fraction of sp³-hybridized carbons (Fsp3) is 0.824. The summed E-state index contributed by atoms with van der Waals surface area (Å²) in [6.07, 6.45) is 3.17. The first-order valence-corrected chi connectivity index (χ1v) is 9.33. The van der Waals surface area contributed by atoms with Crippen LogP contribution in [-0.2, 0) is 19.1 Å². The van der Waals surface area contributed by atoms with E-state index in [1.54, 1.807) is 11.8 Å². The lowest BCUT2D eigenvalue weighted by Gasteiger charge is -2.22. The fourth-order valence-corrected chi connectivity index (χ4v) is 2.39. The van der Waals surface area contributed by atoms with Gasteiger partial charge in [-0.2, -0.15) is 0 Å². The van der Waals surface area contributed by atoms with Crippen LogP contribution in [0.25, 0.3) is 0 Å². The van der Waals surface area contributed by atoms with Gasteiger partial charge in [0, 0.05) is 45.6 Å². The largest absolute Gasteiger partial charge is 0.466 e. The SMILES string of the molecule is CCOC(=O)CCCCCNC(=O)[C@@H](N)CCC(=O)N(CCN)CCN. The molecule has 0 radical (unpaired) electrons. The Balaban J connectivity index is 3.88. The molecule has 0 aliphatic carbocycles. The van der Waals surface area contributed by atoms with Crippen molar-refractivity contribution in [3.05, 3.63) is 0 Å². The van der Waals surface area contributed by atoms with Gasteiger partial charge in [-0.1, -0.05) is 6.42 Å². The van der Waals surface area contributed by atoms with Crippen LogP contribution in [0, 0.1) is 0 Å². The zero-order chi connectivity index (χ0) is 19.8. The van der Waals surface area contributed by atoms with Crippen molar-refractivity contribution >= 4 is 17.8 Å². The molecule has 7 N–H and O–H groups in total. The highest BCUT2D eigenvalue weighted by Gasteiger charge is 2.17. The number of rotatable bonds is 15. The molecule has 0 fully saturated rings. The van der Waals surface area contributed by atoms with Gasteiger partial charge in [0.1, 0.15) is 0 Å². The molecule has 9 heteroatoms. The molecule has 0 aromatic heterocycles. The first-order valence-electron chi connectivity index (χ1n) is 9.33. The summed E-state index contributed by atoms with van der Waals surface area (Å²) in [5.74, 6) is -0.558. The van der Waals surface area contributed by atoms with E-state index in [2.05, 4.69) is 5.32 Å². The van der Waals surface area contributed by atoms with E-state index in [1.807, 2.05) is 0 Å². The van der Waals surface area contributed by atoms with E-state index in [0.717, 1.165) is 19.3 Å². The zero-order valence-electron chi connectivity index (χ0n) is 15.9.